The Morgan fingerprint density at radius 1 is 1.20 bits per heavy atom. The maximum absolute atomic E-state index is 12.3. The second kappa shape index (κ2) is 9.45. The number of rotatable bonds is 5. The predicted molar refractivity (Wildman–Crippen MR) is 98.3 cm³/mol. The van der Waals surface area contributed by atoms with Crippen LogP contribution in [-0.4, -0.2) is 70.9 Å². The molecule has 134 valence electrons. The molecule has 3 heterocycles. The summed E-state index contributed by atoms with van der Waals surface area (Å²) in [4.78, 5) is 36.1. The van der Waals surface area contributed by atoms with Crippen LogP contribution in [0.3, 0.4) is 0 Å². The molecule has 0 spiro atoms. The third kappa shape index (κ3) is 5.22. The Hall–Kier alpha value is -2.03. The summed E-state index contributed by atoms with van der Waals surface area (Å²) in [6.07, 6.45) is 4.48. The normalized spacial score (nSPS) is 14.6. The zero-order chi connectivity index (χ0) is 16.8. The number of hydrogen-bond donors (Lipinski definition) is 1. The van der Waals surface area contributed by atoms with Gasteiger partial charge in [-0.25, -0.2) is 4.98 Å². The number of nitrogens with zero attached hydrogens (tertiary/aromatic N) is 4. The number of hydrogen-bond acceptors (Lipinski definition) is 6. The summed E-state index contributed by atoms with van der Waals surface area (Å²) >= 11 is 1.54. The van der Waals surface area contributed by atoms with Crippen molar-refractivity contribution in [3.8, 4) is 0 Å². The molecule has 0 atom stereocenters. The van der Waals surface area contributed by atoms with Crippen LogP contribution in [0.15, 0.2) is 35.4 Å². The molecule has 7 nitrogen and oxygen atoms in total. The number of carbonyl (C=O) groups is 2. The summed E-state index contributed by atoms with van der Waals surface area (Å²) in [6.45, 7) is 4.37. The zero-order valence-corrected chi connectivity index (χ0v) is 15.3. The molecule has 3 rings (SSSR count). The standard InChI is InChI=1S/C16H19N5O2S.ClH/c22-15(14-11-17-2-3-18-14)19-4-5-20-6-8-21(9-7-20)16(23)13-1-10-24-12-13;/h1-3,10-12H,4-9H2,(H,19,22);1H. The monoisotopic (exact) mass is 381 g/mol. The van der Waals surface area contributed by atoms with Gasteiger partial charge in [-0.1, -0.05) is 0 Å². The van der Waals surface area contributed by atoms with Gasteiger partial charge in [0.15, 0.2) is 0 Å². The van der Waals surface area contributed by atoms with Crippen molar-refractivity contribution < 1.29 is 9.59 Å². The molecule has 0 aliphatic carbocycles. The summed E-state index contributed by atoms with van der Waals surface area (Å²) < 4.78 is 0. The number of carbonyl (C=O) groups excluding carboxylic acids is 2. The van der Waals surface area contributed by atoms with Crippen LogP contribution in [0.1, 0.15) is 20.8 Å². The van der Waals surface area contributed by atoms with Crippen molar-refractivity contribution in [1.82, 2.24) is 25.1 Å². The second-order valence-electron chi connectivity index (χ2n) is 5.49. The van der Waals surface area contributed by atoms with Gasteiger partial charge >= 0.3 is 0 Å². The van der Waals surface area contributed by atoms with Gasteiger partial charge < -0.3 is 10.2 Å². The summed E-state index contributed by atoms with van der Waals surface area (Å²) in [5.74, 6) is -0.110. The lowest BCUT2D eigenvalue weighted by molar-refractivity contribution is 0.0638. The summed E-state index contributed by atoms with van der Waals surface area (Å²) in [5.41, 5.74) is 1.09. The van der Waals surface area contributed by atoms with E-state index in [4.69, 9.17) is 0 Å². The van der Waals surface area contributed by atoms with E-state index < -0.39 is 0 Å². The maximum Gasteiger partial charge on any atom is 0.271 e. The molecular weight excluding hydrogens is 362 g/mol. The Morgan fingerprint density at radius 3 is 2.64 bits per heavy atom. The average Bonchev–Trinajstić information content (AvgIpc) is 3.17. The quantitative estimate of drug-likeness (QED) is 0.840. The number of nitrogens with one attached hydrogen (secondary N) is 1. The molecule has 1 aliphatic heterocycles. The van der Waals surface area contributed by atoms with Gasteiger partial charge in [0.2, 0.25) is 0 Å². The molecule has 9 heteroatoms. The highest BCUT2D eigenvalue weighted by Gasteiger charge is 2.22. The highest BCUT2D eigenvalue weighted by atomic mass is 35.5. The van der Waals surface area contributed by atoms with Crippen LogP contribution in [0.4, 0.5) is 0 Å². The minimum Gasteiger partial charge on any atom is -0.349 e. The van der Waals surface area contributed by atoms with E-state index in [1.54, 1.807) is 0 Å². The lowest BCUT2D eigenvalue weighted by atomic mass is 10.2. The molecule has 1 saturated heterocycles. The summed E-state index contributed by atoms with van der Waals surface area (Å²) in [6, 6.07) is 1.86. The summed E-state index contributed by atoms with van der Waals surface area (Å²) in [5, 5.41) is 6.65. The minimum absolute atomic E-state index is 0. The molecule has 0 bridgehead atoms. The number of halogens is 1. The van der Waals surface area contributed by atoms with E-state index in [2.05, 4.69) is 20.2 Å². The van der Waals surface area contributed by atoms with Crippen LogP contribution in [0, 0.1) is 0 Å². The van der Waals surface area contributed by atoms with Gasteiger partial charge in [0.05, 0.1) is 11.8 Å². The highest BCUT2D eigenvalue weighted by Crippen LogP contribution is 2.11. The first-order valence-corrected chi connectivity index (χ1v) is 8.76. The first kappa shape index (κ1) is 19.3. The zero-order valence-electron chi connectivity index (χ0n) is 13.6. The van der Waals surface area contributed by atoms with E-state index in [-0.39, 0.29) is 24.2 Å². The molecule has 0 aromatic carbocycles. The lowest BCUT2D eigenvalue weighted by Gasteiger charge is -2.34. The van der Waals surface area contributed by atoms with Gasteiger partial charge in [-0.3, -0.25) is 19.5 Å². The van der Waals surface area contributed by atoms with E-state index in [1.807, 2.05) is 21.7 Å². The van der Waals surface area contributed by atoms with Crippen LogP contribution in [0.2, 0.25) is 0 Å². The van der Waals surface area contributed by atoms with Gasteiger partial charge in [0.25, 0.3) is 11.8 Å². The smallest absolute Gasteiger partial charge is 0.271 e. The van der Waals surface area contributed by atoms with Crippen LogP contribution in [0.25, 0.3) is 0 Å². The van der Waals surface area contributed by atoms with Crippen LogP contribution in [0.5, 0.6) is 0 Å². The van der Waals surface area contributed by atoms with Crippen molar-refractivity contribution >= 4 is 35.6 Å². The van der Waals surface area contributed by atoms with E-state index >= 15 is 0 Å². The predicted octanol–water partition coefficient (Wildman–Crippen LogP) is 1.15. The Morgan fingerprint density at radius 2 is 2.00 bits per heavy atom. The Bertz CT molecular complexity index is 675. The molecule has 1 fully saturated rings. The van der Waals surface area contributed by atoms with Crippen molar-refractivity contribution in [2.75, 3.05) is 39.3 Å². The Balaban J connectivity index is 0.00000225. The molecule has 0 unspecified atom stereocenters. The van der Waals surface area contributed by atoms with Crippen molar-refractivity contribution in [3.63, 3.8) is 0 Å². The molecule has 25 heavy (non-hydrogen) atoms. The fraction of sp³-hybridized carbons (Fsp3) is 0.375. The van der Waals surface area contributed by atoms with E-state index in [9.17, 15) is 9.59 Å². The molecule has 2 aromatic heterocycles. The largest absolute Gasteiger partial charge is 0.349 e. The average molecular weight is 382 g/mol. The molecule has 1 aliphatic rings. The fourth-order valence-electron chi connectivity index (χ4n) is 2.58. The first-order valence-electron chi connectivity index (χ1n) is 7.82. The Kier molecular flexibility index (Phi) is 7.30. The first-order chi connectivity index (χ1) is 11.7. The fourth-order valence-corrected chi connectivity index (χ4v) is 3.21. The minimum atomic E-state index is -0.214. The van der Waals surface area contributed by atoms with Crippen molar-refractivity contribution in [3.05, 3.63) is 46.7 Å². The van der Waals surface area contributed by atoms with Crippen LogP contribution >= 0.6 is 23.7 Å². The SMILES string of the molecule is Cl.O=C(NCCN1CCN(C(=O)c2ccsc2)CC1)c1cnccn1. The van der Waals surface area contributed by atoms with Gasteiger partial charge in [0, 0.05) is 57.0 Å². The van der Waals surface area contributed by atoms with Gasteiger partial charge in [0.1, 0.15) is 5.69 Å². The van der Waals surface area contributed by atoms with Crippen LogP contribution in [-0.2, 0) is 0 Å². The van der Waals surface area contributed by atoms with E-state index in [0.717, 1.165) is 25.2 Å². The third-order valence-corrected chi connectivity index (χ3v) is 4.62. The van der Waals surface area contributed by atoms with Gasteiger partial charge in [-0.2, -0.15) is 11.3 Å². The van der Waals surface area contributed by atoms with E-state index in [0.29, 0.717) is 25.3 Å². The summed E-state index contributed by atoms with van der Waals surface area (Å²) in [7, 11) is 0. The van der Waals surface area contributed by atoms with Crippen molar-refractivity contribution in [2.24, 2.45) is 0 Å². The number of thiophene rings is 1. The molecule has 2 aromatic rings. The topological polar surface area (TPSA) is 78.4 Å². The number of amides is 2. The molecule has 0 saturated carbocycles. The van der Waals surface area contributed by atoms with Gasteiger partial charge in [-0.15, -0.1) is 12.4 Å². The van der Waals surface area contributed by atoms with E-state index in [1.165, 1.54) is 29.9 Å². The maximum atomic E-state index is 12.3. The third-order valence-electron chi connectivity index (χ3n) is 3.94. The van der Waals surface area contributed by atoms with Crippen LogP contribution < -0.4 is 5.32 Å². The van der Waals surface area contributed by atoms with Crippen molar-refractivity contribution in [2.45, 2.75) is 0 Å². The molecule has 0 radical (unpaired) electrons. The molecule has 2 amide bonds. The second-order valence-corrected chi connectivity index (χ2v) is 6.27. The highest BCUT2D eigenvalue weighted by molar-refractivity contribution is 7.08. The number of piperazine rings is 1. The molecular formula is C16H20ClN5O2S. The Labute approximate surface area is 156 Å². The van der Waals surface area contributed by atoms with Crippen molar-refractivity contribution in [1.29, 1.82) is 0 Å². The molecule has 1 N–H and O–H groups in total. The van der Waals surface area contributed by atoms with Gasteiger partial charge in [-0.05, 0) is 11.4 Å². The lowest BCUT2D eigenvalue weighted by Crippen LogP contribution is -2.50. The number of aromatic nitrogens is 2.